The van der Waals surface area contributed by atoms with E-state index < -0.39 is 0 Å². The molecule has 0 heterocycles. The predicted molar refractivity (Wildman–Crippen MR) is 52.7 cm³/mol. The maximum absolute atomic E-state index is 8.61. The molecule has 1 fully saturated rings. The van der Waals surface area contributed by atoms with Gasteiger partial charge in [-0.2, -0.15) is 0 Å². The lowest BCUT2D eigenvalue weighted by Crippen LogP contribution is -2.25. The Morgan fingerprint density at radius 1 is 1.38 bits per heavy atom. The smallest absolute Gasteiger partial charge is 0.0593 e. The second-order valence-corrected chi connectivity index (χ2v) is 3.90. The molecule has 0 atom stereocenters. The van der Waals surface area contributed by atoms with Crippen molar-refractivity contribution < 1.29 is 9.84 Å². The summed E-state index contributed by atoms with van der Waals surface area (Å²) >= 11 is 0. The van der Waals surface area contributed by atoms with Crippen LogP contribution in [0.1, 0.15) is 19.3 Å². The highest BCUT2D eigenvalue weighted by atomic mass is 16.5. The normalized spacial score (nSPS) is 16.8. The maximum atomic E-state index is 8.61. The van der Waals surface area contributed by atoms with Crippen LogP contribution < -0.4 is 0 Å². The molecule has 0 aromatic carbocycles. The van der Waals surface area contributed by atoms with Gasteiger partial charge in [0.15, 0.2) is 0 Å². The predicted octanol–water partition coefficient (Wildman–Crippen LogP) is 0.727. The second kappa shape index (κ2) is 6.35. The summed E-state index contributed by atoms with van der Waals surface area (Å²) in [6, 6.07) is 0. The minimum Gasteiger partial charge on any atom is -0.396 e. The number of ether oxygens (including phenoxy) is 1. The van der Waals surface area contributed by atoms with Crippen molar-refractivity contribution in [3.63, 3.8) is 0 Å². The Bertz CT molecular complexity index is 126. The highest BCUT2D eigenvalue weighted by Gasteiger charge is 2.20. The molecule has 0 bridgehead atoms. The van der Waals surface area contributed by atoms with Crippen LogP contribution in [0.15, 0.2) is 0 Å². The van der Waals surface area contributed by atoms with Crippen LogP contribution in [0.3, 0.4) is 0 Å². The number of aliphatic hydroxyl groups is 1. The third-order valence-corrected chi connectivity index (χ3v) is 2.37. The van der Waals surface area contributed by atoms with Crippen molar-refractivity contribution in [1.82, 2.24) is 4.90 Å². The molecule has 0 aliphatic heterocycles. The lowest BCUT2D eigenvalue weighted by Gasteiger charge is -2.15. The Hall–Kier alpha value is -0.120. The summed E-state index contributed by atoms with van der Waals surface area (Å²) in [7, 11) is 2.07. The molecule has 0 aromatic rings. The van der Waals surface area contributed by atoms with Gasteiger partial charge in [-0.05, 0) is 32.2 Å². The Labute approximate surface area is 80.7 Å². The van der Waals surface area contributed by atoms with E-state index in [4.69, 9.17) is 9.84 Å². The SMILES string of the molecule is CN(CCCO)CCOCC1CC1. The number of likely N-dealkylation sites (N-methyl/N-ethyl adjacent to an activating group) is 1. The van der Waals surface area contributed by atoms with Crippen molar-refractivity contribution in [2.75, 3.05) is 40.0 Å². The van der Waals surface area contributed by atoms with Crippen LogP contribution in [-0.2, 0) is 4.74 Å². The second-order valence-electron chi connectivity index (χ2n) is 3.90. The van der Waals surface area contributed by atoms with Crippen LogP contribution in [0.5, 0.6) is 0 Å². The van der Waals surface area contributed by atoms with Gasteiger partial charge in [-0.25, -0.2) is 0 Å². The summed E-state index contributed by atoms with van der Waals surface area (Å²) in [5, 5.41) is 8.61. The highest BCUT2D eigenvalue weighted by molar-refractivity contribution is 4.71. The molecule has 0 radical (unpaired) electrons. The van der Waals surface area contributed by atoms with Gasteiger partial charge in [0.2, 0.25) is 0 Å². The number of rotatable bonds is 8. The van der Waals surface area contributed by atoms with E-state index >= 15 is 0 Å². The van der Waals surface area contributed by atoms with Gasteiger partial charge in [0.1, 0.15) is 0 Å². The van der Waals surface area contributed by atoms with Gasteiger partial charge >= 0.3 is 0 Å². The minimum atomic E-state index is 0.285. The number of aliphatic hydroxyl groups excluding tert-OH is 1. The summed E-state index contributed by atoms with van der Waals surface area (Å²) in [5.41, 5.74) is 0. The van der Waals surface area contributed by atoms with Crippen LogP contribution in [-0.4, -0.2) is 50.0 Å². The maximum Gasteiger partial charge on any atom is 0.0593 e. The monoisotopic (exact) mass is 187 g/mol. The zero-order valence-corrected chi connectivity index (χ0v) is 8.54. The van der Waals surface area contributed by atoms with Gasteiger partial charge in [-0.3, -0.25) is 0 Å². The van der Waals surface area contributed by atoms with Crippen LogP contribution in [0.25, 0.3) is 0 Å². The lowest BCUT2D eigenvalue weighted by molar-refractivity contribution is 0.101. The molecular weight excluding hydrogens is 166 g/mol. The van der Waals surface area contributed by atoms with Crippen molar-refractivity contribution in [2.24, 2.45) is 5.92 Å². The molecule has 78 valence electrons. The average molecular weight is 187 g/mol. The molecule has 0 unspecified atom stereocenters. The molecule has 3 nitrogen and oxygen atoms in total. The first-order chi connectivity index (χ1) is 6.33. The molecule has 1 N–H and O–H groups in total. The van der Waals surface area contributed by atoms with Crippen molar-refractivity contribution in [1.29, 1.82) is 0 Å². The summed E-state index contributed by atoms with van der Waals surface area (Å²) in [6.07, 6.45) is 3.58. The van der Waals surface area contributed by atoms with E-state index in [1.807, 2.05) is 0 Å². The van der Waals surface area contributed by atoms with Crippen LogP contribution in [0, 0.1) is 5.92 Å². The molecule has 13 heavy (non-hydrogen) atoms. The van der Waals surface area contributed by atoms with E-state index in [-0.39, 0.29) is 6.61 Å². The summed E-state index contributed by atoms with van der Waals surface area (Å²) in [6.45, 7) is 4.01. The van der Waals surface area contributed by atoms with Crippen LogP contribution in [0.2, 0.25) is 0 Å². The number of hydrogen-bond donors (Lipinski definition) is 1. The Kier molecular flexibility index (Phi) is 5.35. The molecular formula is C10H21NO2. The number of hydrogen-bond acceptors (Lipinski definition) is 3. The first kappa shape index (κ1) is 11.0. The summed E-state index contributed by atoms with van der Waals surface area (Å²) in [5.74, 6) is 0.864. The zero-order valence-electron chi connectivity index (χ0n) is 8.54. The third kappa shape index (κ3) is 6.02. The van der Waals surface area contributed by atoms with Crippen LogP contribution >= 0.6 is 0 Å². The van der Waals surface area contributed by atoms with Gasteiger partial charge < -0.3 is 14.7 Å². The fourth-order valence-corrected chi connectivity index (χ4v) is 1.21. The van der Waals surface area contributed by atoms with E-state index in [1.54, 1.807) is 0 Å². The lowest BCUT2D eigenvalue weighted by atomic mass is 10.4. The molecule has 0 amide bonds. The standard InChI is InChI=1S/C10H21NO2/c1-11(5-2-7-12)6-8-13-9-10-3-4-10/h10,12H,2-9H2,1H3. The number of nitrogens with zero attached hydrogens (tertiary/aromatic N) is 1. The van der Waals surface area contributed by atoms with E-state index in [0.717, 1.165) is 38.6 Å². The van der Waals surface area contributed by atoms with Gasteiger partial charge in [-0.1, -0.05) is 0 Å². The fraction of sp³-hybridized carbons (Fsp3) is 1.00. The molecule has 3 heteroatoms. The van der Waals surface area contributed by atoms with E-state index in [0.29, 0.717) is 0 Å². The fourth-order valence-electron chi connectivity index (χ4n) is 1.21. The molecule has 0 saturated heterocycles. The molecule has 1 aliphatic carbocycles. The first-order valence-corrected chi connectivity index (χ1v) is 5.20. The van der Waals surface area contributed by atoms with Crippen molar-refractivity contribution in [3.05, 3.63) is 0 Å². The van der Waals surface area contributed by atoms with E-state index in [2.05, 4.69) is 11.9 Å². The van der Waals surface area contributed by atoms with Crippen molar-refractivity contribution in [2.45, 2.75) is 19.3 Å². The summed E-state index contributed by atoms with van der Waals surface area (Å²) in [4.78, 5) is 2.20. The quantitative estimate of drug-likeness (QED) is 0.569. The Balaban J connectivity index is 1.79. The summed E-state index contributed by atoms with van der Waals surface area (Å²) < 4.78 is 5.50. The molecule has 1 aliphatic rings. The van der Waals surface area contributed by atoms with Gasteiger partial charge in [0.25, 0.3) is 0 Å². The Morgan fingerprint density at radius 2 is 2.15 bits per heavy atom. The topological polar surface area (TPSA) is 32.7 Å². The molecule has 1 saturated carbocycles. The zero-order chi connectivity index (χ0) is 9.52. The minimum absolute atomic E-state index is 0.285. The van der Waals surface area contributed by atoms with E-state index in [1.165, 1.54) is 12.8 Å². The van der Waals surface area contributed by atoms with Crippen molar-refractivity contribution >= 4 is 0 Å². The van der Waals surface area contributed by atoms with Gasteiger partial charge in [0, 0.05) is 26.3 Å². The molecule has 0 spiro atoms. The van der Waals surface area contributed by atoms with Crippen LogP contribution in [0.4, 0.5) is 0 Å². The van der Waals surface area contributed by atoms with Crippen molar-refractivity contribution in [3.8, 4) is 0 Å². The molecule has 1 rings (SSSR count). The van der Waals surface area contributed by atoms with E-state index in [9.17, 15) is 0 Å². The highest BCUT2D eigenvalue weighted by Crippen LogP contribution is 2.28. The Morgan fingerprint density at radius 3 is 2.77 bits per heavy atom. The third-order valence-electron chi connectivity index (χ3n) is 2.37. The average Bonchev–Trinajstić information content (AvgIpc) is 2.92. The first-order valence-electron chi connectivity index (χ1n) is 5.20. The molecule has 0 aromatic heterocycles. The largest absolute Gasteiger partial charge is 0.396 e. The van der Waals surface area contributed by atoms with Gasteiger partial charge in [-0.15, -0.1) is 0 Å². The van der Waals surface area contributed by atoms with Gasteiger partial charge in [0.05, 0.1) is 6.61 Å².